The maximum atomic E-state index is 4.51. The zero-order valence-corrected chi connectivity index (χ0v) is 12.0. The van der Waals surface area contributed by atoms with Gasteiger partial charge < -0.3 is 4.90 Å². The van der Waals surface area contributed by atoms with Crippen LogP contribution < -0.4 is 4.90 Å². The molecule has 1 aliphatic rings. The fraction of sp³-hybridized carbons (Fsp3) is 0.636. The summed E-state index contributed by atoms with van der Waals surface area (Å²) in [4.78, 5) is 9.16. The Morgan fingerprint density at radius 1 is 1.26 bits per heavy atom. The van der Waals surface area contributed by atoms with E-state index in [2.05, 4.69) is 35.7 Å². The molecule has 19 heavy (non-hydrogen) atoms. The van der Waals surface area contributed by atoms with Gasteiger partial charge >= 0.3 is 0 Å². The zero-order chi connectivity index (χ0) is 13.2. The van der Waals surface area contributed by atoms with E-state index >= 15 is 0 Å². The molecule has 7 nitrogen and oxygen atoms in total. The number of piperazine rings is 1. The summed E-state index contributed by atoms with van der Waals surface area (Å²) in [5.41, 5.74) is 1.18. The predicted molar refractivity (Wildman–Crippen MR) is 73.1 cm³/mol. The number of anilines is 1. The summed E-state index contributed by atoms with van der Waals surface area (Å²) in [6.07, 6.45) is 0. The first-order chi connectivity index (χ1) is 9.22. The van der Waals surface area contributed by atoms with Crippen molar-refractivity contribution in [1.29, 1.82) is 0 Å². The first kappa shape index (κ1) is 12.5. The van der Waals surface area contributed by atoms with Crippen molar-refractivity contribution in [3.63, 3.8) is 0 Å². The number of rotatable bonds is 3. The van der Waals surface area contributed by atoms with Gasteiger partial charge in [-0.05, 0) is 17.4 Å². The van der Waals surface area contributed by atoms with Gasteiger partial charge in [0.05, 0.1) is 10.7 Å². The van der Waals surface area contributed by atoms with Gasteiger partial charge in [-0.2, -0.15) is 0 Å². The molecule has 1 aliphatic heterocycles. The van der Waals surface area contributed by atoms with Gasteiger partial charge in [0.25, 0.3) is 0 Å². The Balaban J connectivity index is 1.56. The van der Waals surface area contributed by atoms with E-state index in [0.717, 1.165) is 43.7 Å². The minimum absolute atomic E-state index is 0.851. The minimum Gasteiger partial charge on any atom is -0.337 e. The molecule has 3 heterocycles. The van der Waals surface area contributed by atoms with E-state index in [9.17, 15) is 0 Å². The fourth-order valence-electron chi connectivity index (χ4n) is 2.31. The van der Waals surface area contributed by atoms with Gasteiger partial charge in [-0.25, -0.2) is 9.67 Å². The zero-order valence-electron chi connectivity index (χ0n) is 11.2. The quantitative estimate of drug-likeness (QED) is 0.805. The molecule has 0 spiro atoms. The predicted octanol–water partition coefficient (Wildman–Crippen LogP) is 0.297. The van der Waals surface area contributed by atoms with Crippen LogP contribution in [0.3, 0.4) is 0 Å². The lowest BCUT2D eigenvalue weighted by Gasteiger charge is -2.34. The van der Waals surface area contributed by atoms with Crippen molar-refractivity contribution in [3.8, 4) is 0 Å². The lowest BCUT2D eigenvalue weighted by Crippen LogP contribution is -2.46. The molecule has 0 saturated carbocycles. The smallest absolute Gasteiger partial charge is 0.245 e. The van der Waals surface area contributed by atoms with Gasteiger partial charge in [-0.15, -0.1) is 11.3 Å². The van der Waals surface area contributed by atoms with Crippen molar-refractivity contribution >= 4 is 17.3 Å². The molecule has 8 heteroatoms. The molecule has 0 aliphatic carbocycles. The first-order valence-electron chi connectivity index (χ1n) is 6.33. The van der Waals surface area contributed by atoms with Crippen LogP contribution in [0.2, 0.25) is 0 Å². The third-order valence-corrected chi connectivity index (χ3v) is 4.13. The van der Waals surface area contributed by atoms with Gasteiger partial charge in [0.2, 0.25) is 5.95 Å². The number of tetrazole rings is 1. The van der Waals surface area contributed by atoms with Crippen molar-refractivity contribution in [2.24, 2.45) is 7.05 Å². The fourth-order valence-corrected chi connectivity index (χ4v) is 2.91. The molecule has 0 unspecified atom stereocenters. The SMILES string of the molecule is Cc1nc(CN2CCN(c3nnnn3C)CC2)cs1. The lowest BCUT2D eigenvalue weighted by atomic mass is 10.3. The minimum atomic E-state index is 0.851. The molecule has 0 N–H and O–H groups in total. The summed E-state index contributed by atoms with van der Waals surface area (Å²) in [6.45, 7) is 6.93. The summed E-state index contributed by atoms with van der Waals surface area (Å²) < 4.78 is 1.72. The normalized spacial score (nSPS) is 17.1. The molecule has 0 amide bonds. The van der Waals surface area contributed by atoms with Crippen molar-refractivity contribution in [3.05, 3.63) is 16.1 Å². The summed E-state index contributed by atoms with van der Waals surface area (Å²) in [7, 11) is 1.87. The Hall–Kier alpha value is -1.54. The Morgan fingerprint density at radius 3 is 2.63 bits per heavy atom. The maximum Gasteiger partial charge on any atom is 0.245 e. The molecule has 0 aromatic carbocycles. The highest BCUT2D eigenvalue weighted by molar-refractivity contribution is 7.09. The number of hydrogen-bond donors (Lipinski definition) is 0. The largest absolute Gasteiger partial charge is 0.337 e. The van der Waals surface area contributed by atoms with Crippen molar-refractivity contribution < 1.29 is 0 Å². The van der Waals surface area contributed by atoms with Crippen LogP contribution in [0.15, 0.2) is 5.38 Å². The van der Waals surface area contributed by atoms with E-state index in [1.807, 2.05) is 14.0 Å². The van der Waals surface area contributed by atoms with Gasteiger partial charge in [0.1, 0.15) is 0 Å². The monoisotopic (exact) mass is 279 g/mol. The number of hydrogen-bond acceptors (Lipinski definition) is 7. The topological polar surface area (TPSA) is 63.0 Å². The molecule has 2 aromatic rings. The average Bonchev–Trinajstić information content (AvgIpc) is 3.00. The molecule has 1 saturated heterocycles. The highest BCUT2D eigenvalue weighted by Crippen LogP contribution is 2.14. The summed E-state index contributed by atoms with van der Waals surface area (Å²) in [6, 6.07) is 0. The summed E-state index contributed by atoms with van der Waals surface area (Å²) in [5, 5.41) is 14.9. The van der Waals surface area contributed by atoms with E-state index < -0.39 is 0 Å². The second-order valence-electron chi connectivity index (χ2n) is 4.72. The number of aromatic nitrogens is 5. The van der Waals surface area contributed by atoms with Gasteiger partial charge in [0.15, 0.2) is 0 Å². The van der Waals surface area contributed by atoms with E-state index in [1.54, 1.807) is 16.0 Å². The highest BCUT2D eigenvalue weighted by atomic mass is 32.1. The van der Waals surface area contributed by atoms with Crippen LogP contribution in [0, 0.1) is 6.92 Å². The maximum absolute atomic E-state index is 4.51. The highest BCUT2D eigenvalue weighted by Gasteiger charge is 2.21. The van der Waals surface area contributed by atoms with E-state index in [1.165, 1.54) is 5.69 Å². The second-order valence-corrected chi connectivity index (χ2v) is 5.79. The van der Waals surface area contributed by atoms with Gasteiger partial charge in [-0.3, -0.25) is 4.90 Å². The number of aryl methyl sites for hydroxylation is 2. The van der Waals surface area contributed by atoms with E-state index in [4.69, 9.17) is 0 Å². The van der Waals surface area contributed by atoms with Crippen molar-refractivity contribution in [2.45, 2.75) is 13.5 Å². The Labute approximate surface area is 115 Å². The third-order valence-electron chi connectivity index (χ3n) is 3.31. The molecule has 102 valence electrons. The lowest BCUT2D eigenvalue weighted by molar-refractivity contribution is 0.245. The van der Waals surface area contributed by atoms with Crippen LogP contribution in [-0.2, 0) is 13.6 Å². The van der Waals surface area contributed by atoms with E-state index in [-0.39, 0.29) is 0 Å². The number of nitrogens with zero attached hydrogens (tertiary/aromatic N) is 7. The third kappa shape index (κ3) is 2.74. The molecule has 1 fully saturated rings. The average molecular weight is 279 g/mol. The Kier molecular flexibility index (Phi) is 3.43. The van der Waals surface area contributed by atoms with E-state index in [0.29, 0.717) is 0 Å². The number of thiazole rings is 1. The van der Waals surface area contributed by atoms with Gasteiger partial charge in [0, 0.05) is 45.2 Å². The second kappa shape index (κ2) is 5.22. The molecule has 2 aromatic heterocycles. The summed E-state index contributed by atoms with van der Waals surface area (Å²) in [5.74, 6) is 0.851. The molecular formula is C11H17N7S. The van der Waals surface area contributed by atoms with Crippen LogP contribution in [0.1, 0.15) is 10.7 Å². The molecule has 0 radical (unpaired) electrons. The Morgan fingerprint density at radius 2 is 2.05 bits per heavy atom. The molecule has 0 atom stereocenters. The van der Waals surface area contributed by atoms with Crippen molar-refractivity contribution in [1.82, 2.24) is 30.1 Å². The van der Waals surface area contributed by atoms with Crippen LogP contribution in [0.4, 0.5) is 5.95 Å². The first-order valence-corrected chi connectivity index (χ1v) is 7.21. The molecular weight excluding hydrogens is 262 g/mol. The van der Waals surface area contributed by atoms with Crippen molar-refractivity contribution in [2.75, 3.05) is 31.1 Å². The van der Waals surface area contributed by atoms with Crippen LogP contribution in [0.5, 0.6) is 0 Å². The van der Waals surface area contributed by atoms with Crippen LogP contribution in [0.25, 0.3) is 0 Å². The van der Waals surface area contributed by atoms with Crippen LogP contribution >= 0.6 is 11.3 Å². The van der Waals surface area contributed by atoms with Crippen LogP contribution in [-0.4, -0.2) is 56.3 Å². The Bertz CT molecular complexity index is 541. The van der Waals surface area contributed by atoms with Gasteiger partial charge in [-0.1, -0.05) is 5.10 Å². The standard InChI is InChI=1S/C11H17N7S/c1-9-12-10(8-19-9)7-17-3-5-18(6-4-17)11-13-14-15-16(11)2/h8H,3-7H2,1-2H3. The molecule has 3 rings (SSSR count). The molecule has 0 bridgehead atoms. The summed E-state index contributed by atoms with van der Waals surface area (Å²) >= 11 is 1.72.